The van der Waals surface area contributed by atoms with Crippen LogP contribution in [-0.2, 0) is 14.2 Å². The quantitative estimate of drug-likeness (QED) is 0.201. The molecule has 0 unspecified atom stereocenters. The fourth-order valence-electron chi connectivity index (χ4n) is 3.35. The first-order chi connectivity index (χ1) is 16.2. The van der Waals surface area contributed by atoms with Gasteiger partial charge < -0.3 is 14.2 Å². The van der Waals surface area contributed by atoms with E-state index in [2.05, 4.69) is 23.6 Å². The number of aliphatic imine (C=N–C) groups is 1. The first-order valence-electron chi connectivity index (χ1n) is 12.7. The number of esters is 2. The molecule has 1 aromatic carbocycles. The number of carbonyl (C=O) groups is 2. The lowest BCUT2D eigenvalue weighted by molar-refractivity contribution is 0.0450. The average molecular weight is 462 g/mol. The summed E-state index contributed by atoms with van der Waals surface area (Å²) in [4.78, 5) is 28.4. The molecule has 1 aliphatic heterocycles. The van der Waals surface area contributed by atoms with Crippen LogP contribution < -0.4 is 0 Å². The molecule has 0 bridgehead atoms. The predicted molar refractivity (Wildman–Crippen MR) is 133 cm³/mol. The zero-order chi connectivity index (χ0) is 24.0. The summed E-state index contributed by atoms with van der Waals surface area (Å²) in [6.45, 7) is 6.80. The highest BCUT2D eigenvalue weighted by Crippen LogP contribution is 2.14. The largest absolute Gasteiger partial charge is 0.482 e. The molecule has 1 heterocycles. The molecule has 33 heavy (non-hydrogen) atoms. The Balaban J connectivity index is 0.000000953. The molecule has 0 fully saturated rings. The van der Waals surface area contributed by atoms with Gasteiger partial charge in [-0.05, 0) is 25.0 Å². The van der Waals surface area contributed by atoms with Crippen molar-refractivity contribution in [2.24, 2.45) is 4.99 Å². The van der Waals surface area contributed by atoms with Gasteiger partial charge in [-0.1, -0.05) is 90.2 Å². The second-order valence-corrected chi connectivity index (χ2v) is 8.24. The molecule has 0 saturated heterocycles. The molecule has 0 amide bonds. The number of hydrogen-bond acceptors (Lipinski definition) is 6. The molecular weight excluding hydrogens is 418 g/mol. The van der Waals surface area contributed by atoms with Crippen molar-refractivity contribution in [1.82, 2.24) is 0 Å². The molecule has 6 nitrogen and oxygen atoms in total. The predicted octanol–water partition coefficient (Wildman–Crippen LogP) is 6.77. The summed E-state index contributed by atoms with van der Waals surface area (Å²) in [6, 6.07) is 6.74. The van der Waals surface area contributed by atoms with Crippen LogP contribution in [0.3, 0.4) is 0 Å². The molecule has 2 rings (SSSR count). The van der Waals surface area contributed by atoms with E-state index in [9.17, 15) is 9.59 Å². The Morgan fingerprint density at radius 1 is 0.758 bits per heavy atom. The van der Waals surface area contributed by atoms with Gasteiger partial charge in [0.25, 0.3) is 0 Å². The smallest absolute Gasteiger partial charge is 0.339 e. The van der Waals surface area contributed by atoms with Crippen molar-refractivity contribution in [1.29, 1.82) is 0 Å². The SMILES string of the molecule is C1=NCCO1.CCCCCCCCOC(=O)c1ccccc1C(=O)OCCCCCCCC. The molecular formula is C27H43NO5. The van der Waals surface area contributed by atoms with Crippen LogP contribution in [0.1, 0.15) is 112 Å². The van der Waals surface area contributed by atoms with E-state index in [-0.39, 0.29) is 0 Å². The van der Waals surface area contributed by atoms with Crippen molar-refractivity contribution in [2.75, 3.05) is 26.4 Å². The molecule has 0 aliphatic carbocycles. The summed E-state index contributed by atoms with van der Waals surface area (Å²) >= 11 is 0. The number of rotatable bonds is 16. The van der Waals surface area contributed by atoms with Gasteiger partial charge in [-0.3, -0.25) is 4.99 Å². The van der Waals surface area contributed by atoms with E-state index >= 15 is 0 Å². The van der Waals surface area contributed by atoms with Gasteiger partial charge in [0, 0.05) is 0 Å². The number of ether oxygens (including phenoxy) is 3. The molecule has 6 heteroatoms. The third kappa shape index (κ3) is 14.4. The van der Waals surface area contributed by atoms with Crippen molar-refractivity contribution < 1.29 is 23.8 Å². The van der Waals surface area contributed by atoms with Crippen molar-refractivity contribution in [2.45, 2.75) is 90.9 Å². The Morgan fingerprint density at radius 3 is 1.58 bits per heavy atom. The van der Waals surface area contributed by atoms with Gasteiger partial charge in [0.05, 0.1) is 30.9 Å². The molecule has 0 saturated carbocycles. The highest BCUT2D eigenvalue weighted by Gasteiger charge is 2.18. The minimum absolute atomic E-state index is 0.293. The van der Waals surface area contributed by atoms with Crippen molar-refractivity contribution in [3.8, 4) is 0 Å². The summed E-state index contributed by atoms with van der Waals surface area (Å²) in [5.74, 6) is -0.888. The fourth-order valence-corrected chi connectivity index (χ4v) is 3.35. The van der Waals surface area contributed by atoms with E-state index in [1.807, 2.05) is 0 Å². The van der Waals surface area contributed by atoms with Crippen molar-refractivity contribution in [3.63, 3.8) is 0 Å². The zero-order valence-corrected chi connectivity index (χ0v) is 20.7. The summed E-state index contributed by atoms with van der Waals surface area (Å²) in [7, 11) is 0. The van der Waals surface area contributed by atoms with E-state index in [1.165, 1.54) is 57.8 Å². The van der Waals surface area contributed by atoms with Crippen LogP contribution >= 0.6 is 0 Å². The average Bonchev–Trinajstić information content (AvgIpc) is 3.43. The molecule has 1 aromatic rings. The number of hydrogen-bond donors (Lipinski definition) is 0. The lowest BCUT2D eigenvalue weighted by Crippen LogP contribution is -2.15. The van der Waals surface area contributed by atoms with E-state index < -0.39 is 11.9 Å². The van der Waals surface area contributed by atoms with Gasteiger partial charge >= 0.3 is 11.9 Å². The molecule has 0 spiro atoms. The van der Waals surface area contributed by atoms with Crippen LogP contribution in [0.2, 0.25) is 0 Å². The highest BCUT2D eigenvalue weighted by molar-refractivity contribution is 6.03. The molecule has 0 atom stereocenters. The number of carbonyl (C=O) groups excluding carboxylic acids is 2. The zero-order valence-electron chi connectivity index (χ0n) is 20.7. The van der Waals surface area contributed by atoms with Crippen LogP contribution in [0.15, 0.2) is 29.3 Å². The van der Waals surface area contributed by atoms with E-state index in [4.69, 9.17) is 9.47 Å². The summed E-state index contributed by atoms with van der Waals surface area (Å²) in [6.07, 6.45) is 15.1. The second-order valence-electron chi connectivity index (χ2n) is 8.24. The monoisotopic (exact) mass is 461 g/mol. The summed E-state index contributed by atoms with van der Waals surface area (Å²) in [5.41, 5.74) is 0.586. The van der Waals surface area contributed by atoms with E-state index in [0.717, 1.165) is 38.8 Å². The normalized spacial score (nSPS) is 11.9. The number of unbranched alkanes of at least 4 members (excludes halogenated alkanes) is 10. The highest BCUT2D eigenvalue weighted by atomic mass is 16.5. The molecule has 0 aromatic heterocycles. The van der Waals surface area contributed by atoms with Crippen LogP contribution in [-0.4, -0.2) is 44.7 Å². The van der Waals surface area contributed by atoms with Crippen molar-refractivity contribution >= 4 is 18.3 Å². The van der Waals surface area contributed by atoms with Gasteiger partial charge in [-0.2, -0.15) is 0 Å². The van der Waals surface area contributed by atoms with E-state index in [1.54, 1.807) is 24.3 Å². The Kier molecular flexibility index (Phi) is 17.6. The molecule has 0 radical (unpaired) electrons. The minimum atomic E-state index is -0.444. The van der Waals surface area contributed by atoms with Gasteiger partial charge in [0.15, 0.2) is 6.40 Å². The van der Waals surface area contributed by atoms with Crippen LogP contribution in [0.25, 0.3) is 0 Å². The van der Waals surface area contributed by atoms with Crippen molar-refractivity contribution in [3.05, 3.63) is 35.4 Å². The first-order valence-corrected chi connectivity index (χ1v) is 12.7. The Bertz CT molecular complexity index is 619. The summed E-state index contributed by atoms with van der Waals surface area (Å²) in [5, 5.41) is 0. The molecule has 0 N–H and O–H groups in total. The van der Waals surface area contributed by atoms with Gasteiger partial charge in [-0.15, -0.1) is 0 Å². The lowest BCUT2D eigenvalue weighted by atomic mass is 10.1. The molecule has 186 valence electrons. The Labute approximate surface area is 200 Å². The van der Waals surface area contributed by atoms with Crippen LogP contribution in [0, 0.1) is 0 Å². The number of nitrogens with zero attached hydrogens (tertiary/aromatic N) is 1. The van der Waals surface area contributed by atoms with Gasteiger partial charge in [0.1, 0.15) is 6.61 Å². The lowest BCUT2D eigenvalue weighted by Gasteiger charge is -2.10. The Morgan fingerprint density at radius 2 is 1.21 bits per heavy atom. The first kappa shape index (κ1) is 28.7. The number of benzene rings is 1. The van der Waals surface area contributed by atoms with E-state index in [0.29, 0.717) is 24.3 Å². The Hall–Kier alpha value is -2.37. The minimum Gasteiger partial charge on any atom is -0.482 e. The maximum absolute atomic E-state index is 12.4. The fraction of sp³-hybridized carbons (Fsp3) is 0.667. The third-order valence-corrected chi connectivity index (χ3v) is 5.32. The van der Waals surface area contributed by atoms with Gasteiger partial charge in [0.2, 0.25) is 0 Å². The van der Waals surface area contributed by atoms with Gasteiger partial charge in [-0.25, -0.2) is 9.59 Å². The maximum Gasteiger partial charge on any atom is 0.339 e. The molecule has 1 aliphatic rings. The van der Waals surface area contributed by atoms with Crippen LogP contribution in [0.5, 0.6) is 0 Å². The maximum atomic E-state index is 12.4. The second kappa shape index (κ2) is 20.3. The topological polar surface area (TPSA) is 74.2 Å². The third-order valence-electron chi connectivity index (χ3n) is 5.32. The van der Waals surface area contributed by atoms with Crippen LogP contribution in [0.4, 0.5) is 0 Å². The standard InChI is InChI=1S/C24H38O4.C3H5NO/c1-3-5-7-9-11-15-19-27-23(25)21-17-13-14-18-22(21)24(26)28-20-16-12-10-8-6-4-2;1-2-5-3-4-1/h13-14,17-18H,3-12,15-16,19-20H2,1-2H3;3H,1-2H2. The summed E-state index contributed by atoms with van der Waals surface area (Å²) < 4.78 is 15.4.